The van der Waals surface area contributed by atoms with Gasteiger partial charge in [-0.1, -0.05) is 6.07 Å². The molecular formula is C26H24N4O3S. The lowest BCUT2D eigenvalue weighted by atomic mass is 10.0. The van der Waals surface area contributed by atoms with Crippen molar-refractivity contribution in [2.45, 2.75) is 20.3 Å². The van der Waals surface area contributed by atoms with Crippen molar-refractivity contribution in [3.05, 3.63) is 83.7 Å². The van der Waals surface area contributed by atoms with Gasteiger partial charge in [0.1, 0.15) is 0 Å². The molecule has 1 fully saturated rings. The van der Waals surface area contributed by atoms with Crippen molar-refractivity contribution in [3.8, 4) is 11.3 Å². The standard InChI is InChI=1S/C26H24N4O3S/c1-17-4-6-20(15-23(17)25-9-5-19-16-27-11-10-24(19)29-25)28-26(31)22-8-7-21(14-18(22)2)30-12-3-13-34(30,32)33/h4-11,14-16H,3,12-13H2,1-2H3,(H,28,31). The molecule has 0 spiro atoms. The first-order valence-electron chi connectivity index (χ1n) is 11.1. The second-order valence-electron chi connectivity index (χ2n) is 8.49. The molecule has 172 valence electrons. The van der Waals surface area contributed by atoms with E-state index < -0.39 is 10.0 Å². The molecule has 2 aromatic carbocycles. The first kappa shape index (κ1) is 22.0. The Kier molecular flexibility index (Phi) is 5.53. The number of hydrogen-bond donors (Lipinski definition) is 1. The van der Waals surface area contributed by atoms with Crippen molar-refractivity contribution >= 4 is 38.2 Å². The number of anilines is 2. The van der Waals surface area contributed by atoms with E-state index in [9.17, 15) is 13.2 Å². The van der Waals surface area contributed by atoms with Crippen LogP contribution >= 0.6 is 0 Å². The van der Waals surface area contributed by atoms with Gasteiger partial charge >= 0.3 is 0 Å². The van der Waals surface area contributed by atoms with E-state index in [4.69, 9.17) is 4.98 Å². The molecule has 8 heteroatoms. The maximum Gasteiger partial charge on any atom is 0.255 e. The molecule has 0 aliphatic carbocycles. The monoisotopic (exact) mass is 472 g/mol. The summed E-state index contributed by atoms with van der Waals surface area (Å²) >= 11 is 0. The van der Waals surface area contributed by atoms with Gasteiger partial charge in [-0.15, -0.1) is 0 Å². The molecule has 4 aromatic rings. The number of aromatic nitrogens is 2. The second kappa shape index (κ2) is 8.53. The van der Waals surface area contributed by atoms with Crippen LogP contribution in [0.15, 0.2) is 67.0 Å². The molecule has 0 radical (unpaired) electrons. The molecule has 1 saturated heterocycles. The molecule has 0 bridgehead atoms. The first-order valence-corrected chi connectivity index (χ1v) is 12.7. The number of pyridine rings is 2. The average Bonchev–Trinajstić information content (AvgIpc) is 3.18. The van der Waals surface area contributed by atoms with Gasteiger partial charge in [-0.25, -0.2) is 13.4 Å². The van der Waals surface area contributed by atoms with Crippen molar-refractivity contribution in [2.24, 2.45) is 0 Å². The molecule has 0 unspecified atom stereocenters. The van der Waals surface area contributed by atoms with Gasteiger partial charge in [0, 0.05) is 41.1 Å². The number of aryl methyl sites for hydroxylation is 2. The Hall–Kier alpha value is -3.78. The summed E-state index contributed by atoms with van der Waals surface area (Å²) in [4.78, 5) is 21.9. The van der Waals surface area contributed by atoms with Crippen LogP contribution in [0.4, 0.5) is 11.4 Å². The Bertz CT molecular complexity index is 1530. The maximum absolute atomic E-state index is 13.0. The molecule has 1 aliphatic heterocycles. The van der Waals surface area contributed by atoms with E-state index in [1.807, 2.05) is 50.2 Å². The van der Waals surface area contributed by atoms with Gasteiger partial charge in [-0.2, -0.15) is 0 Å². The number of rotatable bonds is 4. The third-order valence-electron chi connectivity index (χ3n) is 6.10. The minimum atomic E-state index is -3.26. The van der Waals surface area contributed by atoms with E-state index in [1.54, 1.807) is 30.6 Å². The Morgan fingerprint density at radius 3 is 2.62 bits per heavy atom. The van der Waals surface area contributed by atoms with Gasteiger partial charge in [0.15, 0.2) is 0 Å². The van der Waals surface area contributed by atoms with Crippen LogP contribution in [0.1, 0.15) is 27.9 Å². The normalized spacial score (nSPS) is 14.9. The van der Waals surface area contributed by atoms with Crippen LogP contribution in [0.3, 0.4) is 0 Å². The highest BCUT2D eigenvalue weighted by Gasteiger charge is 2.28. The predicted octanol–water partition coefficient (Wildman–Crippen LogP) is 4.71. The minimum absolute atomic E-state index is 0.160. The van der Waals surface area contributed by atoms with Gasteiger partial charge in [-0.05, 0) is 79.9 Å². The van der Waals surface area contributed by atoms with Crippen molar-refractivity contribution in [1.29, 1.82) is 0 Å². The number of carbonyl (C=O) groups is 1. The highest BCUT2D eigenvalue weighted by atomic mass is 32.2. The van der Waals surface area contributed by atoms with Crippen LogP contribution in [0.5, 0.6) is 0 Å². The van der Waals surface area contributed by atoms with Gasteiger partial charge in [0.2, 0.25) is 10.0 Å². The van der Waals surface area contributed by atoms with E-state index in [2.05, 4.69) is 10.3 Å². The Morgan fingerprint density at radius 1 is 1.00 bits per heavy atom. The largest absolute Gasteiger partial charge is 0.322 e. The third-order valence-corrected chi connectivity index (χ3v) is 7.97. The summed E-state index contributed by atoms with van der Waals surface area (Å²) < 4.78 is 25.9. The number of hydrogen-bond acceptors (Lipinski definition) is 5. The second-order valence-corrected chi connectivity index (χ2v) is 10.5. The minimum Gasteiger partial charge on any atom is -0.322 e. The molecule has 1 aliphatic rings. The van der Waals surface area contributed by atoms with E-state index in [1.165, 1.54) is 4.31 Å². The number of benzene rings is 2. The SMILES string of the molecule is Cc1cc(N2CCCS2(=O)=O)ccc1C(=O)Nc1ccc(C)c(-c2ccc3cnccc3n2)c1. The lowest BCUT2D eigenvalue weighted by Gasteiger charge is -2.18. The lowest BCUT2D eigenvalue weighted by Crippen LogP contribution is -2.25. The topological polar surface area (TPSA) is 92.3 Å². The van der Waals surface area contributed by atoms with Crippen molar-refractivity contribution in [3.63, 3.8) is 0 Å². The van der Waals surface area contributed by atoms with E-state index >= 15 is 0 Å². The molecule has 0 saturated carbocycles. The summed E-state index contributed by atoms with van der Waals surface area (Å²) in [6, 6.07) is 16.7. The third kappa shape index (κ3) is 4.12. The molecule has 5 rings (SSSR count). The van der Waals surface area contributed by atoms with Gasteiger partial charge in [-0.3, -0.25) is 14.1 Å². The fourth-order valence-electron chi connectivity index (χ4n) is 4.28. The summed E-state index contributed by atoms with van der Waals surface area (Å²) in [5, 5.41) is 3.94. The fourth-order valence-corrected chi connectivity index (χ4v) is 5.83. The van der Waals surface area contributed by atoms with Crippen molar-refractivity contribution in [2.75, 3.05) is 21.9 Å². The zero-order valence-corrected chi connectivity index (χ0v) is 19.8. The van der Waals surface area contributed by atoms with Gasteiger partial charge in [0.05, 0.1) is 22.7 Å². The van der Waals surface area contributed by atoms with Crippen LogP contribution in [-0.2, 0) is 10.0 Å². The van der Waals surface area contributed by atoms with Crippen molar-refractivity contribution < 1.29 is 13.2 Å². The summed E-state index contributed by atoms with van der Waals surface area (Å²) in [7, 11) is -3.26. The van der Waals surface area contributed by atoms with E-state index in [0.29, 0.717) is 35.5 Å². The number of nitrogens with one attached hydrogen (secondary N) is 1. The van der Waals surface area contributed by atoms with Gasteiger partial charge in [0.25, 0.3) is 5.91 Å². The van der Waals surface area contributed by atoms with Crippen LogP contribution in [0.2, 0.25) is 0 Å². The highest BCUT2D eigenvalue weighted by Crippen LogP contribution is 2.29. The highest BCUT2D eigenvalue weighted by molar-refractivity contribution is 7.93. The lowest BCUT2D eigenvalue weighted by molar-refractivity contribution is 0.102. The van der Waals surface area contributed by atoms with Crippen LogP contribution < -0.4 is 9.62 Å². The molecule has 2 aromatic heterocycles. The summed E-state index contributed by atoms with van der Waals surface area (Å²) in [6.07, 6.45) is 4.11. The average molecular weight is 473 g/mol. The Labute approximate surface area is 198 Å². The number of carbonyl (C=O) groups excluding carboxylic acids is 1. The fraction of sp³-hybridized carbons (Fsp3) is 0.192. The van der Waals surface area contributed by atoms with E-state index in [-0.39, 0.29) is 11.7 Å². The number of nitrogens with zero attached hydrogens (tertiary/aromatic N) is 3. The van der Waals surface area contributed by atoms with E-state index in [0.717, 1.165) is 27.7 Å². The molecular weight excluding hydrogens is 448 g/mol. The maximum atomic E-state index is 13.0. The zero-order valence-electron chi connectivity index (χ0n) is 18.9. The van der Waals surface area contributed by atoms with Crippen molar-refractivity contribution in [1.82, 2.24) is 9.97 Å². The number of amides is 1. The molecule has 34 heavy (non-hydrogen) atoms. The molecule has 1 amide bonds. The van der Waals surface area contributed by atoms with Crippen LogP contribution in [0.25, 0.3) is 22.2 Å². The predicted molar refractivity (Wildman–Crippen MR) is 135 cm³/mol. The van der Waals surface area contributed by atoms with Gasteiger partial charge < -0.3 is 5.32 Å². The summed E-state index contributed by atoms with van der Waals surface area (Å²) in [6.45, 7) is 4.29. The smallest absolute Gasteiger partial charge is 0.255 e. The van der Waals surface area contributed by atoms with Crippen LogP contribution in [-0.4, -0.2) is 36.6 Å². The molecule has 0 atom stereocenters. The summed E-state index contributed by atoms with van der Waals surface area (Å²) in [5.41, 5.74) is 6.13. The molecule has 3 heterocycles. The Morgan fingerprint density at radius 2 is 1.85 bits per heavy atom. The summed E-state index contributed by atoms with van der Waals surface area (Å²) in [5.74, 6) is -0.0897. The number of fused-ring (bicyclic) bond motifs is 1. The molecule has 7 nitrogen and oxygen atoms in total. The zero-order chi connectivity index (χ0) is 23.9. The quantitative estimate of drug-likeness (QED) is 0.465. The molecule has 1 N–H and O–H groups in total. The number of sulfonamides is 1. The first-order chi connectivity index (χ1) is 16.3. The Balaban J connectivity index is 1.41. The van der Waals surface area contributed by atoms with Crippen LogP contribution in [0, 0.1) is 13.8 Å².